The first kappa shape index (κ1) is 8.16. The zero-order valence-electron chi connectivity index (χ0n) is 6.25. The minimum atomic E-state index is -0.781. The molecule has 2 atom stereocenters. The molecule has 1 rings (SSSR count). The topological polar surface area (TPSA) is 71.2 Å². The highest BCUT2D eigenvalue weighted by atomic mass is 16.3. The van der Waals surface area contributed by atoms with Crippen molar-refractivity contribution in [1.29, 1.82) is 0 Å². The number of nitrogens with zero attached hydrogens (tertiary/aromatic N) is 3. The van der Waals surface area contributed by atoms with Gasteiger partial charge in [-0.2, -0.15) is 5.10 Å². The van der Waals surface area contributed by atoms with Gasteiger partial charge in [0.05, 0.1) is 18.8 Å². The lowest BCUT2D eigenvalue weighted by Gasteiger charge is -2.12. The van der Waals surface area contributed by atoms with E-state index in [2.05, 4.69) is 10.1 Å². The Hall–Kier alpha value is -0.940. The summed E-state index contributed by atoms with van der Waals surface area (Å²) in [6.07, 6.45) is 1.36. The highest BCUT2D eigenvalue weighted by Crippen LogP contribution is 1.94. The maximum Gasteiger partial charge on any atom is 0.137 e. The summed E-state index contributed by atoms with van der Waals surface area (Å²) in [4.78, 5) is 3.69. The summed E-state index contributed by atoms with van der Waals surface area (Å²) in [6.45, 7) is 1.80. The van der Waals surface area contributed by atoms with E-state index in [0.717, 1.165) is 0 Å². The zero-order valence-corrected chi connectivity index (χ0v) is 6.25. The minimum absolute atomic E-state index is 0.275. The van der Waals surface area contributed by atoms with Crippen molar-refractivity contribution in [1.82, 2.24) is 14.8 Å². The summed E-state index contributed by atoms with van der Waals surface area (Å²) in [5.74, 6) is 0. The summed E-state index contributed by atoms with van der Waals surface area (Å²) in [7, 11) is 0. The van der Waals surface area contributed by atoms with Crippen LogP contribution >= 0.6 is 0 Å². The van der Waals surface area contributed by atoms with Gasteiger partial charge in [-0.15, -0.1) is 0 Å². The highest BCUT2D eigenvalue weighted by molar-refractivity contribution is 4.64. The number of rotatable bonds is 3. The summed E-state index contributed by atoms with van der Waals surface area (Å²) in [5, 5.41) is 21.8. The Morgan fingerprint density at radius 3 is 2.73 bits per heavy atom. The van der Waals surface area contributed by atoms with Gasteiger partial charge in [-0.3, -0.25) is 4.68 Å². The van der Waals surface area contributed by atoms with Crippen molar-refractivity contribution < 1.29 is 10.2 Å². The van der Waals surface area contributed by atoms with Crippen LogP contribution in [0.2, 0.25) is 0 Å². The molecule has 11 heavy (non-hydrogen) atoms. The highest BCUT2D eigenvalue weighted by Gasteiger charge is 2.10. The van der Waals surface area contributed by atoms with Crippen molar-refractivity contribution in [3.8, 4) is 0 Å². The normalized spacial score (nSPS) is 16.3. The van der Waals surface area contributed by atoms with Crippen LogP contribution in [0.1, 0.15) is 6.92 Å². The van der Waals surface area contributed by atoms with Crippen molar-refractivity contribution in [2.24, 2.45) is 0 Å². The zero-order chi connectivity index (χ0) is 8.27. The van der Waals surface area contributed by atoms with Gasteiger partial charge in [-0.25, -0.2) is 4.98 Å². The average molecular weight is 157 g/mol. The first-order valence-electron chi connectivity index (χ1n) is 3.38. The molecule has 0 aliphatic carbocycles. The van der Waals surface area contributed by atoms with Gasteiger partial charge in [-0.05, 0) is 6.92 Å². The van der Waals surface area contributed by atoms with E-state index in [1.807, 2.05) is 0 Å². The third-order valence-electron chi connectivity index (χ3n) is 1.40. The van der Waals surface area contributed by atoms with Gasteiger partial charge in [0, 0.05) is 0 Å². The van der Waals surface area contributed by atoms with E-state index in [1.165, 1.54) is 24.3 Å². The molecule has 1 aromatic heterocycles. The number of aliphatic hydroxyl groups excluding tert-OH is 2. The predicted octanol–water partition coefficient (Wildman–Crippen LogP) is -0.980. The second-order valence-electron chi connectivity index (χ2n) is 2.43. The molecule has 2 unspecified atom stereocenters. The Morgan fingerprint density at radius 1 is 1.55 bits per heavy atom. The summed E-state index contributed by atoms with van der Waals surface area (Å²) >= 11 is 0. The van der Waals surface area contributed by atoms with Gasteiger partial charge in [0.2, 0.25) is 0 Å². The fraction of sp³-hybridized carbons (Fsp3) is 0.667. The molecule has 62 valence electrons. The van der Waals surface area contributed by atoms with E-state index in [-0.39, 0.29) is 6.54 Å². The summed E-state index contributed by atoms with van der Waals surface area (Å²) in [6, 6.07) is 0. The molecule has 0 aromatic carbocycles. The Balaban J connectivity index is 2.43. The molecule has 5 heteroatoms. The molecule has 2 N–H and O–H groups in total. The fourth-order valence-electron chi connectivity index (χ4n) is 0.671. The van der Waals surface area contributed by atoms with Gasteiger partial charge < -0.3 is 10.2 Å². The van der Waals surface area contributed by atoms with Crippen molar-refractivity contribution in [2.45, 2.75) is 25.7 Å². The lowest BCUT2D eigenvalue weighted by atomic mass is 10.2. The molecule has 0 fully saturated rings. The van der Waals surface area contributed by atoms with Crippen LogP contribution in [-0.2, 0) is 6.54 Å². The van der Waals surface area contributed by atoms with Crippen molar-refractivity contribution in [3.05, 3.63) is 12.7 Å². The van der Waals surface area contributed by atoms with Crippen LogP contribution in [0.25, 0.3) is 0 Å². The van der Waals surface area contributed by atoms with E-state index in [1.54, 1.807) is 0 Å². The molecule has 0 saturated heterocycles. The molecule has 0 aliphatic rings. The molecule has 5 nitrogen and oxygen atoms in total. The Morgan fingerprint density at radius 2 is 2.27 bits per heavy atom. The van der Waals surface area contributed by atoms with Gasteiger partial charge in [0.25, 0.3) is 0 Å². The molecule has 0 saturated carbocycles. The van der Waals surface area contributed by atoms with E-state index in [4.69, 9.17) is 10.2 Å². The van der Waals surface area contributed by atoms with Gasteiger partial charge in [0.1, 0.15) is 12.7 Å². The van der Waals surface area contributed by atoms with Gasteiger partial charge >= 0.3 is 0 Å². The molecule has 0 bridgehead atoms. The summed E-state index contributed by atoms with van der Waals surface area (Å²) in [5.41, 5.74) is 0. The van der Waals surface area contributed by atoms with Crippen LogP contribution in [0.15, 0.2) is 12.7 Å². The van der Waals surface area contributed by atoms with Crippen molar-refractivity contribution in [2.75, 3.05) is 0 Å². The maximum atomic E-state index is 9.16. The Kier molecular flexibility index (Phi) is 2.56. The molecule has 0 spiro atoms. The van der Waals surface area contributed by atoms with Crippen LogP contribution < -0.4 is 0 Å². The standard InChI is InChI=1S/C6H11N3O2/c1-5(10)6(11)2-9-4-7-3-8-9/h3-6,10-11H,2H2,1H3. The Labute approximate surface area is 64.3 Å². The molecular weight excluding hydrogens is 146 g/mol. The van der Waals surface area contributed by atoms with E-state index >= 15 is 0 Å². The summed E-state index contributed by atoms with van der Waals surface area (Å²) < 4.78 is 1.47. The van der Waals surface area contributed by atoms with Gasteiger partial charge in [-0.1, -0.05) is 0 Å². The molecule has 0 amide bonds. The Bertz CT molecular complexity index is 198. The third-order valence-corrected chi connectivity index (χ3v) is 1.40. The average Bonchev–Trinajstić information content (AvgIpc) is 2.39. The lowest BCUT2D eigenvalue weighted by molar-refractivity contribution is 0.0186. The molecule has 1 heterocycles. The van der Waals surface area contributed by atoms with Crippen LogP contribution in [0.3, 0.4) is 0 Å². The number of hydrogen-bond donors (Lipinski definition) is 2. The molecule has 1 aromatic rings. The minimum Gasteiger partial charge on any atom is -0.391 e. The monoisotopic (exact) mass is 157 g/mol. The van der Waals surface area contributed by atoms with Gasteiger partial charge in [0.15, 0.2) is 0 Å². The van der Waals surface area contributed by atoms with Crippen molar-refractivity contribution >= 4 is 0 Å². The number of aromatic nitrogens is 3. The second-order valence-corrected chi connectivity index (χ2v) is 2.43. The number of hydrogen-bond acceptors (Lipinski definition) is 4. The first-order valence-corrected chi connectivity index (χ1v) is 3.38. The molecular formula is C6H11N3O2. The first-order chi connectivity index (χ1) is 5.20. The lowest BCUT2D eigenvalue weighted by Crippen LogP contribution is -2.27. The van der Waals surface area contributed by atoms with Crippen LogP contribution in [-0.4, -0.2) is 37.2 Å². The van der Waals surface area contributed by atoms with E-state index in [0.29, 0.717) is 0 Å². The fourth-order valence-corrected chi connectivity index (χ4v) is 0.671. The molecule has 0 radical (unpaired) electrons. The predicted molar refractivity (Wildman–Crippen MR) is 37.7 cm³/mol. The van der Waals surface area contributed by atoms with Crippen LogP contribution in [0.5, 0.6) is 0 Å². The van der Waals surface area contributed by atoms with Crippen molar-refractivity contribution in [3.63, 3.8) is 0 Å². The maximum absolute atomic E-state index is 9.16. The number of aliphatic hydroxyl groups is 2. The van der Waals surface area contributed by atoms with Crippen LogP contribution in [0, 0.1) is 0 Å². The smallest absolute Gasteiger partial charge is 0.137 e. The second kappa shape index (κ2) is 3.45. The van der Waals surface area contributed by atoms with E-state index in [9.17, 15) is 0 Å². The quantitative estimate of drug-likeness (QED) is 0.591. The van der Waals surface area contributed by atoms with E-state index < -0.39 is 12.2 Å². The van der Waals surface area contributed by atoms with Crippen LogP contribution in [0.4, 0.5) is 0 Å². The third kappa shape index (κ3) is 2.28. The SMILES string of the molecule is CC(O)C(O)Cn1cncn1. The largest absolute Gasteiger partial charge is 0.391 e. The molecule has 0 aliphatic heterocycles.